The quantitative estimate of drug-likeness (QED) is 0.484. The zero-order valence-electron chi connectivity index (χ0n) is 6.03. The van der Waals surface area contributed by atoms with E-state index in [1.807, 2.05) is 0 Å². The topological polar surface area (TPSA) is 77.8 Å². The van der Waals surface area contributed by atoms with Crippen molar-refractivity contribution in [1.29, 1.82) is 0 Å². The normalized spacial score (nSPS) is 16.9. The van der Waals surface area contributed by atoms with Gasteiger partial charge in [-0.1, -0.05) is 6.92 Å². The molecule has 4 nitrogen and oxygen atoms in total. The Bertz CT molecular complexity index is 132. The molecule has 0 aliphatic carbocycles. The SMILES string of the molecule is CCC(C)(C(=O)O)C(O)O. The summed E-state index contributed by atoms with van der Waals surface area (Å²) >= 11 is 0. The molecule has 60 valence electrons. The number of carboxylic acids is 1. The standard InChI is InChI=1S/C6H12O4/c1-3-6(2,4(7)8)5(9)10/h4,7-8H,3H2,1-2H3,(H,9,10). The Morgan fingerprint density at radius 1 is 1.60 bits per heavy atom. The molecule has 0 aliphatic heterocycles. The first kappa shape index (κ1) is 9.39. The van der Waals surface area contributed by atoms with Gasteiger partial charge in [-0.3, -0.25) is 4.79 Å². The maximum atomic E-state index is 10.4. The summed E-state index contributed by atoms with van der Waals surface area (Å²) < 4.78 is 0. The number of aliphatic hydroxyl groups excluding tert-OH is 1. The molecule has 0 rings (SSSR count). The lowest BCUT2D eigenvalue weighted by molar-refractivity contribution is -0.178. The third-order valence-corrected chi connectivity index (χ3v) is 1.79. The zero-order chi connectivity index (χ0) is 8.36. The molecule has 1 atom stereocenters. The molecule has 0 saturated heterocycles. The van der Waals surface area contributed by atoms with Crippen LogP contribution >= 0.6 is 0 Å². The summed E-state index contributed by atoms with van der Waals surface area (Å²) in [5.41, 5.74) is -1.43. The van der Waals surface area contributed by atoms with E-state index in [4.69, 9.17) is 15.3 Å². The Kier molecular flexibility index (Phi) is 2.80. The van der Waals surface area contributed by atoms with Gasteiger partial charge >= 0.3 is 5.97 Å². The van der Waals surface area contributed by atoms with Crippen LogP contribution in [0.4, 0.5) is 0 Å². The highest BCUT2D eigenvalue weighted by Gasteiger charge is 2.37. The van der Waals surface area contributed by atoms with Crippen LogP contribution in [0.25, 0.3) is 0 Å². The molecule has 0 saturated carbocycles. The van der Waals surface area contributed by atoms with Crippen molar-refractivity contribution < 1.29 is 20.1 Å². The second-order valence-corrected chi connectivity index (χ2v) is 2.45. The Morgan fingerprint density at radius 2 is 2.00 bits per heavy atom. The number of carbonyl (C=O) groups is 1. The average molecular weight is 148 g/mol. The van der Waals surface area contributed by atoms with Gasteiger partial charge in [0, 0.05) is 0 Å². The van der Waals surface area contributed by atoms with Crippen LogP contribution in [0.1, 0.15) is 20.3 Å². The Morgan fingerprint density at radius 3 is 2.00 bits per heavy atom. The third-order valence-electron chi connectivity index (χ3n) is 1.79. The van der Waals surface area contributed by atoms with Crippen LogP contribution in [0, 0.1) is 5.41 Å². The predicted molar refractivity (Wildman–Crippen MR) is 34.3 cm³/mol. The van der Waals surface area contributed by atoms with Crippen molar-refractivity contribution in [2.75, 3.05) is 0 Å². The summed E-state index contributed by atoms with van der Waals surface area (Å²) in [7, 11) is 0. The van der Waals surface area contributed by atoms with Crippen LogP contribution in [0.15, 0.2) is 0 Å². The molecule has 0 heterocycles. The van der Waals surface area contributed by atoms with Crippen LogP contribution in [-0.4, -0.2) is 27.6 Å². The van der Waals surface area contributed by atoms with Gasteiger partial charge in [0.15, 0.2) is 6.29 Å². The average Bonchev–Trinajstić information content (AvgIpc) is 1.85. The molecule has 0 fully saturated rings. The predicted octanol–water partition coefficient (Wildman–Crippen LogP) is -0.202. The minimum atomic E-state index is -1.80. The van der Waals surface area contributed by atoms with Crippen LogP contribution in [0.3, 0.4) is 0 Å². The van der Waals surface area contributed by atoms with Gasteiger partial charge in [0.2, 0.25) is 0 Å². The van der Waals surface area contributed by atoms with E-state index in [0.717, 1.165) is 0 Å². The largest absolute Gasteiger partial charge is 0.481 e. The number of carboxylic acid groups (broad SMARTS) is 1. The van der Waals surface area contributed by atoms with E-state index in [1.54, 1.807) is 6.92 Å². The van der Waals surface area contributed by atoms with Crippen LogP contribution in [0.2, 0.25) is 0 Å². The molecule has 0 spiro atoms. The molecule has 0 bridgehead atoms. The van der Waals surface area contributed by atoms with Gasteiger partial charge in [-0.15, -0.1) is 0 Å². The number of aliphatic hydroxyl groups is 2. The number of aliphatic carboxylic acids is 1. The smallest absolute Gasteiger partial charge is 0.314 e. The molecule has 0 aromatic rings. The van der Waals surface area contributed by atoms with Crippen LogP contribution < -0.4 is 0 Å². The Hall–Kier alpha value is -0.610. The third kappa shape index (κ3) is 1.46. The van der Waals surface area contributed by atoms with Gasteiger partial charge in [0.25, 0.3) is 0 Å². The van der Waals surface area contributed by atoms with E-state index in [-0.39, 0.29) is 6.42 Å². The fraction of sp³-hybridized carbons (Fsp3) is 0.833. The molecule has 0 amide bonds. The van der Waals surface area contributed by atoms with E-state index in [2.05, 4.69) is 0 Å². The van der Waals surface area contributed by atoms with Crippen molar-refractivity contribution >= 4 is 5.97 Å². The lowest BCUT2D eigenvalue weighted by atomic mass is 9.87. The molecule has 0 aliphatic rings. The van der Waals surface area contributed by atoms with Crippen molar-refractivity contribution in [3.8, 4) is 0 Å². The summed E-state index contributed by atoms with van der Waals surface area (Å²) in [6, 6.07) is 0. The van der Waals surface area contributed by atoms with Gasteiger partial charge in [-0.2, -0.15) is 0 Å². The summed E-state index contributed by atoms with van der Waals surface area (Å²) in [6.07, 6.45) is -1.60. The highest BCUT2D eigenvalue weighted by atomic mass is 16.5. The van der Waals surface area contributed by atoms with Gasteiger partial charge in [-0.25, -0.2) is 0 Å². The fourth-order valence-corrected chi connectivity index (χ4v) is 0.444. The van der Waals surface area contributed by atoms with Crippen molar-refractivity contribution in [3.63, 3.8) is 0 Å². The highest BCUT2D eigenvalue weighted by Crippen LogP contribution is 2.24. The van der Waals surface area contributed by atoms with Crippen LogP contribution in [-0.2, 0) is 4.79 Å². The van der Waals surface area contributed by atoms with E-state index in [9.17, 15) is 4.79 Å². The van der Waals surface area contributed by atoms with Gasteiger partial charge in [0.05, 0.1) is 0 Å². The summed E-state index contributed by atoms with van der Waals surface area (Å²) in [4.78, 5) is 10.4. The Balaban J connectivity index is 4.38. The van der Waals surface area contributed by atoms with Crippen molar-refractivity contribution in [1.82, 2.24) is 0 Å². The van der Waals surface area contributed by atoms with Gasteiger partial charge in [-0.05, 0) is 13.3 Å². The summed E-state index contributed by atoms with van der Waals surface area (Å²) in [5.74, 6) is -1.19. The minimum Gasteiger partial charge on any atom is -0.481 e. The summed E-state index contributed by atoms with van der Waals surface area (Å²) in [5, 5.41) is 25.7. The minimum absolute atomic E-state index is 0.194. The molecule has 1 unspecified atom stereocenters. The first-order valence-electron chi connectivity index (χ1n) is 3.04. The molecule has 4 heteroatoms. The summed E-state index contributed by atoms with van der Waals surface area (Å²) in [6.45, 7) is 2.88. The van der Waals surface area contributed by atoms with Crippen LogP contribution in [0.5, 0.6) is 0 Å². The second kappa shape index (κ2) is 2.98. The maximum absolute atomic E-state index is 10.4. The first-order chi connectivity index (χ1) is 4.45. The Labute approximate surface area is 59.1 Å². The van der Waals surface area contributed by atoms with Crippen molar-refractivity contribution in [3.05, 3.63) is 0 Å². The van der Waals surface area contributed by atoms with E-state index >= 15 is 0 Å². The number of hydrogen-bond acceptors (Lipinski definition) is 3. The number of rotatable bonds is 3. The molecule has 10 heavy (non-hydrogen) atoms. The van der Waals surface area contributed by atoms with Crippen molar-refractivity contribution in [2.45, 2.75) is 26.6 Å². The lowest BCUT2D eigenvalue weighted by Gasteiger charge is -2.24. The second-order valence-electron chi connectivity index (χ2n) is 2.45. The first-order valence-corrected chi connectivity index (χ1v) is 3.04. The monoisotopic (exact) mass is 148 g/mol. The van der Waals surface area contributed by atoms with Crippen molar-refractivity contribution in [2.24, 2.45) is 5.41 Å². The molecule has 0 aromatic carbocycles. The maximum Gasteiger partial charge on any atom is 0.314 e. The van der Waals surface area contributed by atoms with E-state index in [1.165, 1.54) is 6.92 Å². The van der Waals surface area contributed by atoms with Gasteiger partial charge in [0.1, 0.15) is 5.41 Å². The molecular formula is C6H12O4. The fourth-order valence-electron chi connectivity index (χ4n) is 0.444. The molecule has 0 radical (unpaired) electrons. The number of hydrogen-bond donors (Lipinski definition) is 3. The molecule has 3 N–H and O–H groups in total. The lowest BCUT2D eigenvalue weighted by Crippen LogP contribution is -2.39. The highest BCUT2D eigenvalue weighted by molar-refractivity contribution is 5.74. The van der Waals surface area contributed by atoms with E-state index < -0.39 is 17.7 Å². The van der Waals surface area contributed by atoms with Gasteiger partial charge < -0.3 is 15.3 Å². The molecular weight excluding hydrogens is 136 g/mol. The van der Waals surface area contributed by atoms with E-state index in [0.29, 0.717) is 0 Å². The molecule has 0 aromatic heterocycles. The zero-order valence-corrected chi connectivity index (χ0v) is 6.03.